The fourth-order valence-electron chi connectivity index (χ4n) is 3.90. The minimum Gasteiger partial charge on any atom is -0.455 e. The molecule has 160 valence electrons. The third-order valence-electron chi connectivity index (χ3n) is 5.11. The SMILES string of the molecule is O=C(N[C@@H]1CCCN2c3c(cc(Cl)c(Cl)c3Cl)Oc3cc(Br)ccc3[C@H]12)C(F)(F)F. The number of amides is 1. The number of hydrogen-bond donors (Lipinski definition) is 1. The highest BCUT2D eigenvalue weighted by atomic mass is 79.9. The van der Waals surface area contributed by atoms with Crippen LogP contribution in [0.5, 0.6) is 11.5 Å². The molecule has 4 nitrogen and oxygen atoms in total. The maximum absolute atomic E-state index is 12.9. The van der Waals surface area contributed by atoms with Crippen LogP contribution in [-0.4, -0.2) is 24.7 Å². The molecule has 4 rings (SSSR count). The molecule has 2 atom stereocenters. The Labute approximate surface area is 193 Å². The van der Waals surface area contributed by atoms with Gasteiger partial charge in [0.2, 0.25) is 0 Å². The van der Waals surface area contributed by atoms with Gasteiger partial charge in [-0.25, -0.2) is 0 Å². The molecule has 1 amide bonds. The van der Waals surface area contributed by atoms with Crippen LogP contribution in [0.2, 0.25) is 15.1 Å². The van der Waals surface area contributed by atoms with Crippen LogP contribution in [0, 0.1) is 0 Å². The molecule has 0 saturated carbocycles. The van der Waals surface area contributed by atoms with Gasteiger partial charge in [0, 0.05) is 22.6 Å². The molecular weight excluding hydrogens is 531 g/mol. The van der Waals surface area contributed by atoms with E-state index >= 15 is 0 Å². The van der Waals surface area contributed by atoms with Crippen molar-refractivity contribution in [3.8, 4) is 11.5 Å². The molecule has 1 N–H and O–H groups in total. The maximum atomic E-state index is 12.9. The molecule has 2 aromatic carbocycles. The van der Waals surface area contributed by atoms with Gasteiger partial charge in [-0.3, -0.25) is 4.79 Å². The van der Waals surface area contributed by atoms with Gasteiger partial charge < -0.3 is 15.0 Å². The van der Waals surface area contributed by atoms with Crippen molar-refractivity contribution in [2.45, 2.75) is 31.1 Å². The smallest absolute Gasteiger partial charge is 0.455 e. The Morgan fingerprint density at radius 1 is 1.17 bits per heavy atom. The van der Waals surface area contributed by atoms with Gasteiger partial charge >= 0.3 is 12.1 Å². The number of piperidine rings is 1. The second-order valence-electron chi connectivity index (χ2n) is 6.98. The van der Waals surface area contributed by atoms with E-state index in [1.165, 1.54) is 6.07 Å². The number of hydrogen-bond acceptors (Lipinski definition) is 3. The highest BCUT2D eigenvalue weighted by Crippen LogP contribution is 2.53. The van der Waals surface area contributed by atoms with Crippen LogP contribution in [0.4, 0.5) is 18.9 Å². The summed E-state index contributed by atoms with van der Waals surface area (Å²) in [4.78, 5) is 13.5. The largest absolute Gasteiger partial charge is 0.471 e. The summed E-state index contributed by atoms with van der Waals surface area (Å²) in [6.07, 6.45) is -4.10. The Balaban J connectivity index is 1.89. The lowest BCUT2D eigenvalue weighted by molar-refractivity contribution is -0.174. The van der Waals surface area contributed by atoms with Crippen molar-refractivity contribution >= 4 is 62.3 Å². The van der Waals surface area contributed by atoms with Crippen molar-refractivity contribution in [1.29, 1.82) is 0 Å². The van der Waals surface area contributed by atoms with Crippen LogP contribution in [0.1, 0.15) is 24.4 Å². The quantitative estimate of drug-likeness (QED) is 0.397. The Kier molecular flexibility index (Phi) is 5.81. The Morgan fingerprint density at radius 3 is 2.60 bits per heavy atom. The standard InChI is InChI=1S/C19H13BrCl3F3N2O2/c20-8-3-4-9-12(6-8)30-13-7-10(21)14(22)15(23)17(13)28-5-1-2-11(16(9)28)27-18(29)19(24,25)26/h3-4,6-7,11,16H,1-2,5H2,(H,27,29)/t11-,16-/m1/s1. The van der Waals surface area contributed by atoms with Gasteiger partial charge in [0.05, 0.1) is 27.2 Å². The second kappa shape index (κ2) is 7.97. The molecule has 0 aliphatic carbocycles. The van der Waals surface area contributed by atoms with Crippen molar-refractivity contribution in [1.82, 2.24) is 5.32 Å². The van der Waals surface area contributed by atoms with Crippen LogP contribution < -0.4 is 15.0 Å². The monoisotopic (exact) mass is 542 g/mol. The molecule has 0 unspecified atom stereocenters. The third kappa shape index (κ3) is 3.83. The van der Waals surface area contributed by atoms with Crippen LogP contribution in [0.25, 0.3) is 0 Å². The molecule has 30 heavy (non-hydrogen) atoms. The first kappa shape index (κ1) is 21.9. The Morgan fingerprint density at radius 2 is 1.90 bits per heavy atom. The Bertz CT molecular complexity index is 1040. The minimum absolute atomic E-state index is 0.119. The van der Waals surface area contributed by atoms with Gasteiger partial charge in [0.1, 0.15) is 11.4 Å². The number of anilines is 1. The fraction of sp³-hybridized carbons (Fsp3) is 0.316. The maximum Gasteiger partial charge on any atom is 0.471 e. The summed E-state index contributed by atoms with van der Waals surface area (Å²) < 4.78 is 45.6. The number of rotatable bonds is 1. The van der Waals surface area contributed by atoms with Gasteiger partial charge in [-0.1, -0.05) is 56.8 Å². The van der Waals surface area contributed by atoms with Gasteiger partial charge in [0.25, 0.3) is 0 Å². The molecule has 2 aromatic rings. The van der Waals surface area contributed by atoms with E-state index in [9.17, 15) is 18.0 Å². The summed E-state index contributed by atoms with van der Waals surface area (Å²) in [6, 6.07) is 5.26. The van der Waals surface area contributed by atoms with E-state index in [-0.39, 0.29) is 15.1 Å². The summed E-state index contributed by atoms with van der Waals surface area (Å²) in [5.74, 6) is -1.24. The van der Waals surface area contributed by atoms with Gasteiger partial charge in [0.15, 0.2) is 5.75 Å². The summed E-state index contributed by atoms with van der Waals surface area (Å²) >= 11 is 22.3. The third-order valence-corrected chi connectivity index (χ3v) is 6.85. The van der Waals surface area contributed by atoms with E-state index in [0.29, 0.717) is 46.6 Å². The van der Waals surface area contributed by atoms with Crippen molar-refractivity contribution < 1.29 is 22.7 Å². The van der Waals surface area contributed by atoms with Crippen LogP contribution in [0.3, 0.4) is 0 Å². The first-order valence-electron chi connectivity index (χ1n) is 8.87. The molecule has 11 heteroatoms. The zero-order chi connectivity index (χ0) is 21.8. The molecule has 0 bridgehead atoms. The average Bonchev–Trinajstić information content (AvgIpc) is 2.79. The molecule has 1 saturated heterocycles. The molecule has 0 spiro atoms. The van der Waals surface area contributed by atoms with Crippen LogP contribution in [0.15, 0.2) is 28.7 Å². The van der Waals surface area contributed by atoms with Gasteiger partial charge in [-0.15, -0.1) is 0 Å². The van der Waals surface area contributed by atoms with E-state index in [1.807, 2.05) is 4.90 Å². The normalized spacial score (nSPS) is 20.4. The second-order valence-corrected chi connectivity index (χ2v) is 9.05. The number of nitrogens with zero attached hydrogens (tertiary/aromatic N) is 1. The molecular formula is C19H13BrCl3F3N2O2. The molecule has 1 fully saturated rings. The number of ether oxygens (including phenoxy) is 1. The minimum atomic E-state index is -4.99. The van der Waals surface area contributed by atoms with E-state index in [4.69, 9.17) is 39.5 Å². The number of benzene rings is 2. The fourth-order valence-corrected chi connectivity index (χ4v) is 4.93. The van der Waals surface area contributed by atoms with Crippen LogP contribution in [-0.2, 0) is 4.79 Å². The van der Waals surface area contributed by atoms with E-state index in [1.54, 1.807) is 18.2 Å². The number of fused-ring (bicyclic) bond motifs is 5. The van der Waals surface area contributed by atoms with Crippen molar-refractivity contribution in [2.75, 3.05) is 11.4 Å². The highest BCUT2D eigenvalue weighted by molar-refractivity contribution is 9.10. The van der Waals surface area contributed by atoms with E-state index < -0.39 is 24.2 Å². The number of halogens is 7. The summed E-state index contributed by atoms with van der Waals surface area (Å²) in [5, 5.41) is 2.59. The Hall–Kier alpha value is -1.35. The first-order valence-corrected chi connectivity index (χ1v) is 10.8. The average molecular weight is 545 g/mol. The predicted molar refractivity (Wildman–Crippen MR) is 113 cm³/mol. The molecule has 2 aliphatic heterocycles. The number of nitrogens with one attached hydrogen (secondary N) is 1. The molecule has 2 aliphatic rings. The lowest BCUT2D eigenvalue weighted by Crippen LogP contribution is -2.52. The first-order chi connectivity index (χ1) is 14.1. The lowest BCUT2D eigenvalue weighted by atomic mass is 9.89. The van der Waals surface area contributed by atoms with Crippen molar-refractivity contribution in [2.24, 2.45) is 0 Å². The van der Waals surface area contributed by atoms with Gasteiger partial charge in [-0.2, -0.15) is 13.2 Å². The zero-order valence-corrected chi connectivity index (χ0v) is 18.8. The molecule has 0 radical (unpaired) electrons. The van der Waals surface area contributed by atoms with Crippen molar-refractivity contribution in [3.05, 3.63) is 49.4 Å². The zero-order valence-electron chi connectivity index (χ0n) is 15.0. The molecule has 0 aromatic heterocycles. The predicted octanol–water partition coefficient (Wildman–Crippen LogP) is 6.90. The topological polar surface area (TPSA) is 41.6 Å². The van der Waals surface area contributed by atoms with Crippen molar-refractivity contribution in [3.63, 3.8) is 0 Å². The summed E-state index contributed by atoms with van der Waals surface area (Å²) in [7, 11) is 0. The highest BCUT2D eigenvalue weighted by Gasteiger charge is 2.45. The lowest BCUT2D eigenvalue weighted by Gasteiger charge is -2.42. The molecule has 2 heterocycles. The number of carbonyl (C=O) groups is 1. The van der Waals surface area contributed by atoms with E-state index in [2.05, 4.69) is 21.2 Å². The summed E-state index contributed by atoms with van der Waals surface area (Å²) in [6.45, 7) is 0.479. The van der Waals surface area contributed by atoms with E-state index in [0.717, 1.165) is 0 Å². The van der Waals surface area contributed by atoms with Gasteiger partial charge in [-0.05, 0) is 25.0 Å². The summed E-state index contributed by atoms with van der Waals surface area (Å²) in [5.41, 5.74) is 1.04. The van der Waals surface area contributed by atoms with Crippen LogP contribution >= 0.6 is 50.7 Å². The number of alkyl halides is 3. The number of carbonyl (C=O) groups excluding carboxylic acids is 1.